The third-order valence-electron chi connectivity index (χ3n) is 5.55. The number of nitrogens with one attached hydrogen (secondary N) is 1. The predicted molar refractivity (Wildman–Crippen MR) is 114 cm³/mol. The standard InChI is InChI=1S/C22H25N7O2/c30-21(23-14-17-6-7-17)19-13-20(28-8-10-31-11-9-28)26-22(25-19)29-18(15-24-27-29)12-16-4-2-1-3-5-16/h1-5,13,15,17H,6-12,14H2,(H,23,30). The fraction of sp³-hybridized carbons (Fsp3) is 0.409. The number of amides is 1. The summed E-state index contributed by atoms with van der Waals surface area (Å²) in [6, 6.07) is 11.9. The molecule has 9 heteroatoms. The molecule has 160 valence electrons. The Morgan fingerprint density at radius 2 is 1.94 bits per heavy atom. The number of rotatable bonds is 7. The van der Waals surface area contributed by atoms with Crippen LogP contribution in [0.1, 0.15) is 34.6 Å². The first-order valence-corrected chi connectivity index (χ1v) is 10.7. The lowest BCUT2D eigenvalue weighted by Gasteiger charge is -2.28. The van der Waals surface area contributed by atoms with Crippen LogP contribution in [-0.4, -0.2) is 63.7 Å². The number of nitrogens with zero attached hydrogens (tertiary/aromatic N) is 6. The number of carbonyl (C=O) groups excluding carboxylic acids is 1. The number of benzene rings is 1. The third kappa shape index (κ3) is 4.72. The Morgan fingerprint density at radius 3 is 2.71 bits per heavy atom. The summed E-state index contributed by atoms with van der Waals surface area (Å²) in [4.78, 5) is 24.2. The molecule has 0 unspecified atom stereocenters. The molecule has 9 nitrogen and oxygen atoms in total. The molecule has 1 aromatic carbocycles. The minimum absolute atomic E-state index is 0.185. The van der Waals surface area contributed by atoms with Crippen LogP contribution in [0.15, 0.2) is 42.6 Å². The lowest BCUT2D eigenvalue weighted by molar-refractivity contribution is 0.0946. The van der Waals surface area contributed by atoms with Crippen molar-refractivity contribution in [3.63, 3.8) is 0 Å². The summed E-state index contributed by atoms with van der Waals surface area (Å²) in [6.07, 6.45) is 4.71. The Morgan fingerprint density at radius 1 is 1.13 bits per heavy atom. The van der Waals surface area contributed by atoms with E-state index in [1.165, 1.54) is 12.8 Å². The minimum Gasteiger partial charge on any atom is -0.378 e. The van der Waals surface area contributed by atoms with Crippen molar-refractivity contribution in [1.82, 2.24) is 30.3 Å². The molecule has 3 heterocycles. The van der Waals surface area contributed by atoms with Gasteiger partial charge in [0.1, 0.15) is 11.5 Å². The molecular formula is C22H25N7O2. The number of anilines is 1. The number of ether oxygens (including phenoxy) is 1. The number of hydrogen-bond acceptors (Lipinski definition) is 7. The van der Waals surface area contributed by atoms with Crippen molar-refractivity contribution in [1.29, 1.82) is 0 Å². The van der Waals surface area contributed by atoms with Crippen LogP contribution < -0.4 is 10.2 Å². The smallest absolute Gasteiger partial charge is 0.270 e. The Kier molecular flexibility index (Phi) is 5.57. The molecule has 0 spiro atoms. The van der Waals surface area contributed by atoms with Gasteiger partial charge >= 0.3 is 0 Å². The Hall–Kier alpha value is -3.33. The van der Waals surface area contributed by atoms with Crippen molar-refractivity contribution in [3.05, 3.63) is 59.5 Å². The molecule has 2 aromatic heterocycles. The Bertz CT molecular complexity index is 1040. The zero-order valence-corrected chi connectivity index (χ0v) is 17.3. The summed E-state index contributed by atoms with van der Waals surface area (Å²) in [6.45, 7) is 3.38. The first-order valence-electron chi connectivity index (χ1n) is 10.7. The van der Waals surface area contributed by atoms with Crippen LogP contribution in [0.5, 0.6) is 0 Å². The molecule has 1 aliphatic carbocycles. The maximum Gasteiger partial charge on any atom is 0.270 e. The van der Waals surface area contributed by atoms with E-state index in [1.807, 2.05) is 18.2 Å². The van der Waals surface area contributed by atoms with E-state index >= 15 is 0 Å². The van der Waals surface area contributed by atoms with Crippen molar-refractivity contribution in [2.75, 3.05) is 37.7 Å². The van der Waals surface area contributed by atoms with Gasteiger partial charge in [0.05, 0.1) is 25.1 Å². The van der Waals surface area contributed by atoms with Crippen LogP contribution in [0, 0.1) is 5.92 Å². The summed E-state index contributed by atoms with van der Waals surface area (Å²) in [5.74, 6) is 1.46. The maximum absolute atomic E-state index is 12.8. The molecule has 0 bridgehead atoms. The first-order chi connectivity index (χ1) is 15.3. The molecule has 0 radical (unpaired) electrons. The highest BCUT2D eigenvalue weighted by Gasteiger charge is 2.24. The van der Waals surface area contributed by atoms with Crippen LogP contribution in [0.3, 0.4) is 0 Å². The number of hydrogen-bond donors (Lipinski definition) is 1. The highest BCUT2D eigenvalue weighted by Crippen LogP contribution is 2.27. The van der Waals surface area contributed by atoms with Crippen molar-refractivity contribution < 1.29 is 9.53 Å². The lowest BCUT2D eigenvalue weighted by Crippen LogP contribution is -2.37. The molecule has 0 atom stereocenters. The molecule has 31 heavy (non-hydrogen) atoms. The summed E-state index contributed by atoms with van der Waals surface area (Å²) in [5.41, 5.74) is 2.33. The van der Waals surface area contributed by atoms with E-state index in [9.17, 15) is 4.79 Å². The van der Waals surface area contributed by atoms with Gasteiger partial charge in [0.2, 0.25) is 0 Å². The van der Waals surface area contributed by atoms with Gasteiger partial charge in [0, 0.05) is 32.1 Å². The molecule has 1 aliphatic heterocycles. The van der Waals surface area contributed by atoms with E-state index in [4.69, 9.17) is 9.72 Å². The SMILES string of the molecule is O=C(NCC1CC1)c1cc(N2CCOCC2)nc(-n2nncc2Cc2ccccc2)n1. The average Bonchev–Trinajstić information content (AvgIpc) is 3.55. The molecule has 2 fully saturated rings. The second-order valence-corrected chi connectivity index (χ2v) is 7.96. The average molecular weight is 419 g/mol. The third-order valence-corrected chi connectivity index (χ3v) is 5.55. The van der Waals surface area contributed by atoms with Gasteiger partial charge in [-0.1, -0.05) is 35.5 Å². The zero-order chi connectivity index (χ0) is 21.0. The van der Waals surface area contributed by atoms with Gasteiger partial charge in [0.15, 0.2) is 0 Å². The largest absolute Gasteiger partial charge is 0.378 e. The van der Waals surface area contributed by atoms with Gasteiger partial charge in [0.25, 0.3) is 11.9 Å². The first kappa shape index (κ1) is 19.6. The van der Waals surface area contributed by atoms with Crippen molar-refractivity contribution in [2.45, 2.75) is 19.3 Å². The highest BCUT2D eigenvalue weighted by molar-refractivity contribution is 5.93. The highest BCUT2D eigenvalue weighted by atomic mass is 16.5. The van der Waals surface area contributed by atoms with Gasteiger partial charge in [-0.3, -0.25) is 4.79 Å². The minimum atomic E-state index is -0.185. The second kappa shape index (κ2) is 8.81. The second-order valence-electron chi connectivity index (χ2n) is 7.96. The van der Waals surface area contributed by atoms with E-state index in [-0.39, 0.29) is 5.91 Å². The van der Waals surface area contributed by atoms with Gasteiger partial charge in [-0.05, 0) is 24.3 Å². The van der Waals surface area contributed by atoms with Crippen molar-refractivity contribution >= 4 is 11.7 Å². The van der Waals surface area contributed by atoms with Crippen LogP contribution in [0.25, 0.3) is 5.95 Å². The molecule has 3 aromatic rings. The van der Waals surface area contributed by atoms with Gasteiger partial charge in [-0.15, -0.1) is 5.10 Å². The normalized spacial score (nSPS) is 16.3. The molecule has 1 saturated heterocycles. The van der Waals surface area contributed by atoms with Gasteiger partial charge < -0.3 is 15.0 Å². The predicted octanol–water partition coefficient (Wildman–Crippen LogP) is 1.62. The Labute approximate surface area is 180 Å². The lowest BCUT2D eigenvalue weighted by atomic mass is 10.1. The quantitative estimate of drug-likeness (QED) is 0.621. The molecular weight excluding hydrogens is 394 g/mol. The Balaban J connectivity index is 1.47. The van der Waals surface area contributed by atoms with Crippen molar-refractivity contribution in [3.8, 4) is 5.95 Å². The fourth-order valence-corrected chi connectivity index (χ4v) is 3.59. The van der Waals surface area contributed by atoms with Crippen LogP contribution in [-0.2, 0) is 11.2 Å². The van der Waals surface area contributed by atoms with Gasteiger partial charge in [-0.2, -0.15) is 9.67 Å². The summed E-state index contributed by atoms with van der Waals surface area (Å²) in [5, 5.41) is 11.3. The molecule has 2 aliphatic rings. The van der Waals surface area contributed by atoms with E-state index in [0.717, 1.165) is 11.3 Å². The molecule has 1 saturated carbocycles. The van der Waals surface area contributed by atoms with E-state index in [0.29, 0.717) is 62.6 Å². The van der Waals surface area contributed by atoms with E-state index in [1.54, 1.807) is 16.9 Å². The number of aromatic nitrogens is 5. The summed E-state index contributed by atoms with van der Waals surface area (Å²) < 4.78 is 7.09. The molecule has 1 amide bonds. The maximum atomic E-state index is 12.8. The zero-order valence-electron chi connectivity index (χ0n) is 17.3. The van der Waals surface area contributed by atoms with Crippen LogP contribution in [0.4, 0.5) is 5.82 Å². The van der Waals surface area contributed by atoms with Crippen LogP contribution in [0.2, 0.25) is 0 Å². The monoisotopic (exact) mass is 419 g/mol. The molecule has 1 N–H and O–H groups in total. The topological polar surface area (TPSA) is 98.1 Å². The van der Waals surface area contributed by atoms with Crippen molar-refractivity contribution in [2.24, 2.45) is 5.92 Å². The van der Waals surface area contributed by atoms with Crippen LogP contribution >= 0.6 is 0 Å². The number of morpholine rings is 1. The van der Waals surface area contributed by atoms with E-state index < -0.39 is 0 Å². The fourth-order valence-electron chi connectivity index (χ4n) is 3.59. The summed E-state index contributed by atoms with van der Waals surface area (Å²) >= 11 is 0. The number of carbonyl (C=O) groups is 1. The van der Waals surface area contributed by atoms with Gasteiger partial charge in [-0.25, -0.2) is 4.98 Å². The summed E-state index contributed by atoms with van der Waals surface area (Å²) in [7, 11) is 0. The molecule has 5 rings (SSSR count). The van der Waals surface area contributed by atoms with E-state index in [2.05, 4.69) is 37.6 Å².